The van der Waals surface area contributed by atoms with Gasteiger partial charge in [-0.3, -0.25) is 9.48 Å². The van der Waals surface area contributed by atoms with E-state index >= 15 is 0 Å². The van der Waals surface area contributed by atoms with Gasteiger partial charge in [0.1, 0.15) is 12.1 Å². The highest BCUT2D eigenvalue weighted by Crippen LogP contribution is 2.30. The maximum atomic E-state index is 11.5. The van der Waals surface area contributed by atoms with E-state index in [9.17, 15) is 4.79 Å². The molecule has 2 aromatic heterocycles. The van der Waals surface area contributed by atoms with Crippen molar-refractivity contribution in [1.29, 1.82) is 0 Å². The van der Waals surface area contributed by atoms with Crippen LogP contribution in [0.3, 0.4) is 0 Å². The SMILES string of the molecule is C[C@H]1CC[C@@H](C(N)=O)CN1c1ncnc2c1cnn2C. The van der Waals surface area contributed by atoms with Crippen molar-refractivity contribution >= 4 is 22.8 Å². The number of carbonyl (C=O) groups excluding carboxylic acids is 1. The minimum Gasteiger partial charge on any atom is -0.369 e. The van der Waals surface area contributed by atoms with Gasteiger partial charge in [0.15, 0.2) is 5.65 Å². The number of fused-ring (bicyclic) bond motifs is 1. The Morgan fingerprint density at radius 1 is 1.40 bits per heavy atom. The molecule has 1 aliphatic heterocycles. The Morgan fingerprint density at radius 3 is 2.95 bits per heavy atom. The summed E-state index contributed by atoms with van der Waals surface area (Å²) in [5.41, 5.74) is 6.25. The molecule has 106 valence electrons. The van der Waals surface area contributed by atoms with E-state index in [1.807, 2.05) is 7.05 Å². The average Bonchev–Trinajstić information content (AvgIpc) is 2.81. The molecular weight excluding hydrogens is 256 g/mol. The topological polar surface area (TPSA) is 89.9 Å². The van der Waals surface area contributed by atoms with Gasteiger partial charge in [0, 0.05) is 19.6 Å². The van der Waals surface area contributed by atoms with E-state index in [1.54, 1.807) is 17.2 Å². The van der Waals surface area contributed by atoms with Gasteiger partial charge in [0.25, 0.3) is 0 Å². The second-order valence-corrected chi connectivity index (χ2v) is 5.38. The highest BCUT2D eigenvalue weighted by molar-refractivity contribution is 5.87. The van der Waals surface area contributed by atoms with Gasteiger partial charge in [-0.2, -0.15) is 5.10 Å². The first-order valence-corrected chi connectivity index (χ1v) is 6.76. The summed E-state index contributed by atoms with van der Waals surface area (Å²) in [4.78, 5) is 22.2. The van der Waals surface area contributed by atoms with E-state index in [0.717, 1.165) is 29.7 Å². The molecule has 1 saturated heterocycles. The lowest BCUT2D eigenvalue weighted by atomic mass is 9.93. The molecule has 0 spiro atoms. The van der Waals surface area contributed by atoms with E-state index in [-0.39, 0.29) is 11.8 Å². The molecule has 3 rings (SSSR count). The van der Waals surface area contributed by atoms with Gasteiger partial charge < -0.3 is 10.6 Å². The lowest BCUT2D eigenvalue weighted by Gasteiger charge is -2.37. The number of carbonyl (C=O) groups is 1. The summed E-state index contributed by atoms with van der Waals surface area (Å²) in [5, 5.41) is 5.14. The van der Waals surface area contributed by atoms with Crippen molar-refractivity contribution < 1.29 is 4.79 Å². The summed E-state index contributed by atoms with van der Waals surface area (Å²) < 4.78 is 1.72. The van der Waals surface area contributed by atoms with Crippen LogP contribution >= 0.6 is 0 Å². The maximum absolute atomic E-state index is 11.5. The number of amides is 1. The van der Waals surface area contributed by atoms with E-state index in [1.165, 1.54) is 0 Å². The van der Waals surface area contributed by atoms with Crippen LogP contribution in [-0.4, -0.2) is 38.2 Å². The third-order valence-corrected chi connectivity index (χ3v) is 4.06. The standard InChI is InChI=1S/C13H18N6O/c1-8-3-4-9(11(14)20)6-19(8)13-10-5-17-18(2)12(10)15-7-16-13/h5,7-9H,3-4,6H2,1-2H3,(H2,14,20)/t8-,9+/m0/s1. The van der Waals surface area contributed by atoms with Crippen molar-refractivity contribution in [1.82, 2.24) is 19.7 Å². The Balaban J connectivity index is 2.02. The number of nitrogens with zero attached hydrogens (tertiary/aromatic N) is 5. The number of hydrogen-bond acceptors (Lipinski definition) is 5. The van der Waals surface area contributed by atoms with Gasteiger partial charge in [-0.05, 0) is 19.8 Å². The molecule has 7 nitrogen and oxygen atoms in total. The fourth-order valence-electron chi connectivity index (χ4n) is 2.81. The van der Waals surface area contributed by atoms with Gasteiger partial charge in [-0.1, -0.05) is 0 Å². The molecule has 7 heteroatoms. The second-order valence-electron chi connectivity index (χ2n) is 5.38. The molecule has 1 amide bonds. The van der Waals surface area contributed by atoms with Crippen molar-refractivity contribution in [3.8, 4) is 0 Å². The average molecular weight is 274 g/mol. The third-order valence-electron chi connectivity index (χ3n) is 4.06. The van der Waals surface area contributed by atoms with Gasteiger partial charge in [0.05, 0.1) is 17.5 Å². The quantitative estimate of drug-likeness (QED) is 0.859. The lowest BCUT2D eigenvalue weighted by Crippen LogP contribution is -2.46. The molecule has 20 heavy (non-hydrogen) atoms. The second kappa shape index (κ2) is 4.73. The van der Waals surface area contributed by atoms with Crippen LogP contribution in [0, 0.1) is 5.92 Å². The minimum atomic E-state index is -0.238. The zero-order valence-corrected chi connectivity index (χ0v) is 11.7. The number of aryl methyl sites for hydroxylation is 1. The first kappa shape index (κ1) is 12.8. The van der Waals surface area contributed by atoms with Gasteiger partial charge in [-0.25, -0.2) is 9.97 Å². The van der Waals surface area contributed by atoms with E-state index in [4.69, 9.17) is 5.73 Å². The number of rotatable bonds is 2. The van der Waals surface area contributed by atoms with Gasteiger partial charge in [0.2, 0.25) is 5.91 Å². The maximum Gasteiger partial charge on any atom is 0.222 e. The van der Waals surface area contributed by atoms with Crippen molar-refractivity contribution in [3.63, 3.8) is 0 Å². The Kier molecular flexibility index (Phi) is 3.04. The Hall–Kier alpha value is -2.18. The third kappa shape index (κ3) is 1.99. The molecule has 2 N–H and O–H groups in total. The summed E-state index contributed by atoms with van der Waals surface area (Å²) in [6.45, 7) is 2.75. The first-order chi connectivity index (χ1) is 9.58. The summed E-state index contributed by atoms with van der Waals surface area (Å²) in [6, 6.07) is 0.323. The van der Waals surface area contributed by atoms with Crippen LogP contribution < -0.4 is 10.6 Å². The van der Waals surface area contributed by atoms with Crippen molar-refractivity contribution in [3.05, 3.63) is 12.5 Å². The van der Waals surface area contributed by atoms with Crippen LogP contribution in [0.15, 0.2) is 12.5 Å². The van der Waals surface area contributed by atoms with Crippen LogP contribution in [-0.2, 0) is 11.8 Å². The molecule has 0 bridgehead atoms. The fourth-order valence-corrected chi connectivity index (χ4v) is 2.81. The summed E-state index contributed by atoms with van der Waals surface area (Å²) >= 11 is 0. The number of piperidine rings is 1. The van der Waals surface area contributed by atoms with Crippen LogP contribution in [0.2, 0.25) is 0 Å². The highest BCUT2D eigenvalue weighted by Gasteiger charge is 2.30. The molecule has 3 heterocycles. The fraction of sp³-hybridized carbons (Fsp3) is 0.538. The molecule has 0 radical (unpaired) electrons. The Labute approximate surface area is 116 Å². The number of nitrogens with two attached hydrogens (primary N) is 1. The highest BCUT2D eigenvalue weighted by atomic mass is 16.1. The van der Waals surface area contributed by atoms with E-state index < -0.39 is 0 Å². The zero-order chi connectivity index (χ0) is 14.3. The number of primary amides is 1. The Bertz CT molecular complexity index is 651. The monoisotopic (exact) mass is 274 g/mol. The number of anilines is 1. The van der Waals surface area contributed by atoms with Crippen molar-refractivity contribution in [2.45, 2.75) is 25.8 Å². The molecule has 2 aromatic rings. The van der Waals surface area contributed by atoms with Crippen LogP contribution in [0.1, 0.15) is 19.8 Å². The normalized spacial score (nSPS) is 23.2. The Morgan fingerprint density at radius 2 is 2.20 bits per heavy atom. The smallest absolute Gasteiger partial charge is 0.222 e. The molecule has 1 aliphatic rings. The molecule has 0 unspecified atom stereocenters. The summed E-state index contributed by atoms with van der Waals surface area (Å²) in [5.74, 6) is 0.479. The summed E-state index contributed by atoms with van der Waals surface area (Å²) in [7, 11) is 1.85. The van der Waals surface area contributed by atoms with Crippen molar-refractivity contribution in [2.75, 3.05) is 11.4 Å². The molecular formula is C13H18N6O. The van der Waals surface area contributed by atoms with Gasteiger partial charge in [-0.15, -0.1) is 0 Å². The van der Waals surface area contributed by atoms with E-state index in [2.05, 4.69) is 26.9 Å². The molecule has 0 saturated carbocycles. The first-order valence-electron chi connectivity index (χ1n) is 6.76. The number of hydrogen-bond donors (Lipinski definition) is 1. The van der Waals surface area contributed by atoms with Crippen LogP contribution in [0.25, 0.3) is 11.0 Å². The zero-order valence-electron chi connectivity index (χ0n) is 11.7. The molecule has 1 fully saturated rings. The lowest BCUT2D eigenvalue weighted by molar-refractivity contribution is -0.122. The molecule has 0 aromatic carbocycles. The largest absolute Gasteiger partial charge is 0.369 e. The van der Waals surface area contributed by atoms with Crippen molar-refractivity contribution in [2.24, 2.45) is 18.7 Å². The predicted octanol–water partition coefficient (Wildman–Crippen LogP) is 0.453. The minimum absolute atomic E-state index is 0.118. The molecule has 2 atom stereocenters. The van der Waals surface area contributed by atoms with Gasteiger partial charge >= 0.3 is 0 Å². The van der Waals surface area contributed by atoms with Crippen LogP contribution in [0.5, 0.6) is 0 Å². The number of aromatic nitrogens is 4. The van der Waals surface area contributed by atoms with E-state index in [0.29, 0.717) is 12.6 Å². The molecule has 0 aliphatic carbocycles. The van der Waals surface area contributed by atoms with Crippen LogP contribution in [0.4, 0.5) is 5.82 Å². The predicted molar refractivity (Wildman–Crippen MR) is 75.0 cm³/mol. The summed E-state index contributed by atoms with van der Waals surface area (Å²) in [6.07, 6.45) is 5.08.